The van der Waals surface area contributed by atoms with Crippen molar-refractivity contribution in [2.45, 2.75) is 5.16 Å². The number of hydrogen-bond donors (Lipinski definition) is 1. The zero-order valence-corrected chi connectivity index (χ0v) is 11.3. The molecule has 0 amide bonds. The van der Waals surface area contributed by atoms with Crippen LogP contribution in [0.4, 0.5) is 0 Å². The van der Waals surface area contributed by atoms with Gasteiger partial charge in [0.15, 0.2) is 5.16 Å². The number of carboxylic acid groups (broad SMARTS) is 1. The Balaban J connectivity index is 2.14. The van der Waals surface area contributed by atoms with E-state index in [1.165, 1.54) is 11.8 Å². The van der Waals surface area contributed by atoms with E-state index < -0.39 is 5.97 Å². The Kier molecular flexibility index (Phi) is 3.22. The van der Waals surface area contributed by atoms with Gasteiger partial charge in [0.05, 0.1) is 23.2 Å². The number of fused-ring (bicyclic) bond motifs is 1. The van der Waals surface area contributed by atoms with Crippen LogP contribution in [0.25, 0.3) is 16.7 Å². The quantitative estimate of drug-likeness (QED) is 0.748. The van der Waals surface area contributed by atoms with Crippen molar-refractivity contribution in [1.29, 1.82) is 0 Å². The number of hydrogen-bond acceptors (Lipinski definition) is 5. The number of imidazole rings is 1. The third-order valence-electron chi connectivity index (χ3n) is 2.52. The fourth-order valence-corrected chi connectivity index (χ4v) is 3.14. The van der Waals surface area contributed by atoms with Gasteiger partial charge in [-0.25, -0.2) is 4.98 Å². The van der Waals surface area contributed by atoms with E-state index >= 15 is 0 Å². The molecule has 0 spiro atoms. The molecule has 5 nitrogen and oxygen atoms in total. The largest absolute Gasteiger partial charge is 0.481 e. The van der Waals surface area contributed by atoms with E-state index in [0.717, 1.165) is 16.7 Å². The molecule has 0 aliphatic heterocycles. The summed E-state index contributed by atoms with van der Waals surface area (Å²) in [7, 11) is 0. The Morgan fingerprint density at radius 2 is 2.37 bits per heavy atom. The lowest BCUT2D eigenvalue weighted by molar-refractivity contribution is -0.133. The molecule has 3 aromatic rings. The Morgan fingerprint density at radius 3 is 3.11 bits per heavy atom. The van der Waals surface area contributed by atoms with Gasteiger partial charge in [0.2, 0.25) is 0 Å². The number of rotatable bonds is 4. The Hall–Kier alpha value is -1.86. The summed E-state index contributed by atoms with van der Waals surface area (Å²) in [6.07, 6.45) is 3.39. The first kappa shape index (κ1) is 12.2. The molecule has 0 aliphatic carbocycles. The number of pyridine rings is 1. The molecule has 0 fully saturated rings. The first-order chi connectivity index (χ1) is 9.25. The minimum absolute atomic E-state index is 0.0130. The molecule has 19 heavy (non-hydrogen) atoms. The van der Waals surface area contributed by atoms with Gasteiger partial charge in [0.1, 0.15) is 5.52 Å². The van der Waals surface area contributed by atoms with Gasteiger partial charge in [-0.1, -0.05) is 11.8 Å². The molecule has 0 aliphatic rings. The highest BCUT2D eigenvalue weighted by Gasteiger charge is 2.14. The van der Waals surface area contributed by atoms with Crippen molar-refractivity contribution in [2.24, 2.45) is 0 Å². The minimum atomic E-state index is -0.855. The monoisotopic (exact) mass is 291 g/mol. The summed E-state index contributed by atoms with van der Waals surface area (Å²) in [5.74, 6) is -0.868. The van der Waals surface area contributed by atoms with Crippen LogP contribution >= 0.6 is 23.1 Å². The van der Waals surface area contributed by atoms with Crippen LogP contribution in [0.15, 0.2) is 40.4 Å². The van der Waals surface area contributed by atoms with Crippen LogP contribution in [0, 0.1) is 0 Å². The molecule has 0 bridgehead atoms. The van der Waals surface area contributed by atoms with Gasteiger partial charge < -0.3 is 5.11 Å². The molecule has 0 saturated heterocycles. The molecular formula is C12H9N3O2S2. The molecule has 0 unspecified atom stereocenters. The lowest BCUT2D eigenvalue weighted by Crippen LogP contribution is -2.01. The normalized spacial score (nSPS) is 10.9. The lowest BCUT2D eigenvalue weighted by atomic mass is 10.4. The van der Waals surface area contributed by atoms with Gasteiger partial charge in [-0.3, -0.25) is 14.3 Å². The molecule has 0 saturated carbocycles. The highest BCUT2D eigenvalue weighted by Crippen LogP contribution is 2.28. The van der Waals surface area contributed by atoms with Crippen LogP contribution in [0.3, 0.4) is 0 Å². The van der Waals surface area contributed by atoms with Crippen molar-refractivity contribution in [1.82, 2.24) is 14.5 Å². The van der Waals surface area contributed by atoms with Crippen LogP contribution in [0.2, 0.25) is 0 Å². The van der Waals surface area contributed by atoms with E-state index in [-0.39, 0.29) is 5.75 Å². The predicted octanol–water partition coefficient (Wildman–Crippen LogP) is 2.66. The maximum atomic E-state index is 10.7. The number of thioether (sulfide) groups is 1. The van der Waals surface area contributed by atoms with Gasteiger partial charge >= 0.3 is 5.97 Å². The predicted molar refractivity (Wildman–Crippen MR) is 75.1 cm³/mol. The standard InChI is InChI=1S/C12H9N3O2S2/c16-11(17)7-19-12-14-9-5-13-3-1-10(9)15(12)8-2-4-18-6-8/h1-6H,7H2,(H,16,17). The zero-order valence-electron chi connectivity index (χ0n) is 9.68. The van der Waals surface area contributed by atoms with Crippen molar-refractivity contribution in [3.8, 4) is 5.69 Å². The number of aliphatic carboxylic acids is 1. The van der Waals surface area contributed by atoms with E-state index in [9.17, 15) is 4.79 Å². The van der Waals surface area contributed by atoms with Crippen LogP contribution in [-0.2, 0) is 4.79 Å². The van der Waals surface area contributed by atoms with Crippen LogP contribution < -0.4 is 0 Å². The van der Waals surface area contributed by atoms with Crippen LogP contribution in [-0.4, -0.2) is 31.4 Å². The second-order valence-electron chi connectivity index (χ2n) is 3.76. The highest BCUT2D eigenvalue weighted by atomic mass is 32.2. The van der Waals surface area contributed by atoms with Crippen molar-refractivity contribution in [3.05, 3.63) is 35.3 Å². The molecule has 0 atom stereocenters. The topological polar surface area (TPSA) is 68.0 Å². The maximum absolute atomic E-state index is 10.7. The number of thiophene rings is 1. The van der Waals surface area contributed by atoms with Crippen LogP contribution in [0.5, 0.6) is 0 Å². The molecule has 96 valence electrons. The van der Waals surface area contributed by atoms with E-state index in [1.54, 1.807) is 23.7 Å². The van der Waals surface area contributed by atoms with Crippen molar-refractivity contribution >= 4 is 40.1 Å². The third-order valence-corrected chi connectivity index (χ3v) is 4.11. The summed E-state index contributed by atoms with van der Waals surface area (Å²) >= 11 is 2.80. The van der Waals surface area contributed by atoms with E-state index in [4.69, 9.17) is 5.11 Å². The van der Waals surface area contributed by atoms with Gasteiger partial charge in [-0.05, 0) is 17.5 Å². The SMILES string of the molecule is O=C(O)CSc1nc2cnccc2n1-c1ccsc1. The van der Waals surface area contributed by atoms with E-state index in [1.807, 2.05) is 27.5 Å². The van der Waals surface area contributed by atoms with Crippen LogP contribution in [0.1, 0.15) is 0 Å². The maximum Gasteiger partial charge on any atom is 0.313 e. The number of nitrogens with zero attached hydrogens (tertiary/aromatic N) is 3. The second kappa shape index (κ2) is 5.02. The Morgan fingerprint density at radius 1 is 1.47 bits per heavy atom. The third kappa shape index (κ3) is 2.34. The average molecular weight is 291 g/mol. The zero-order chi connectivity index (χ0) is 13.2. The van der Waals surface area contributed by atoms with E-state index in [2.05, 4.69) is 9.97 Å². The first-order valence-electron chi connectivity index (χ1n) is 5.45. The van der Waals surface area contributed by atoms with Crippen molar-refractivity contribution in [3.63, 3.8) is 0 Å². The van der Waals surface area contributed by atoms with Gasteiger partial charge in [0, 0.05) is 11.6 Å². The highest BCUT2D eigenvalue weighted by molar-refractivity contribution is 7.99. The smallest absolute Gasteiger partial charge is 0.313 e. The molecule has 3 heterocycles. The fraction of sp³-hybridized carbons (Fsp3) is 0.0833. The molecule has 0 radical (unpaired) electrons. The first-order valence-corrected chi connectivity index (χ1v) is 7.38. The average Bonchev–Trinajstić information content (AvgIpc) is 3.02. The summed E-state index contributed by atoms with van der Waals surface area (Å²) in [6, 6.07) is 3.86. The van der Waals surface area contributed by atoms with E-state index in [0.29, 0.717) is 5.16 Å². The Labute approximate surface area is 116 Å². The second-order valence-corrected chi connectivity index (χ2v) is 5.48. The summed E-state index contributed by atoms with van der Waals surface area (Å²) in [4.78, 5) is 19.2. The summed E-state index contributed by atoms with van der Waals surface area (Å²) in [6.45, 7) is 0. The molecule has 0 aromatic carbocycles. The number of carboxylic acids is 1. The fourth-order valence-electron chi connectivity index (χ4n) is 1.77. The number of aromatic nitrogens is 3. The summed E-state index contributed by atoms with van der Waals surface area (Å²) in [5, 5.41) is 13.5. The Bertz CT molecular complexity index is 722. The van der Waals surface area contributed by atoms with Crippen molar-refractivity contribution in [2.75, 3.05) is 5.75 Å². The number of carbonyl (C=O) groups is 1. The van der Waals surface area contributed by atoms with Crippen molar-refractivity contribution < 1.29 is 9.90 Å². The molecule has 1 N–H and O–H groups in total. The van der Waals surface area contributed by atoms with Gasteiger partial charge in [-0.2, -0.15) is 11.3 Å². The molecule has 7 heteroatoms. The molecule has 3 aromatic heterocycles. The summed E-state index contributed by atoms with van der Waals surface area (Å²) in [5.41, 5.74) is 2.69. The molecule has 3 rings (SSSR count). The summed E-state index contributed by atoms with van der Waals surface area (Å²) < 4.78 is 1.96. The van der Waals surface area contributed by atoms with Gasteiger partial charge in [0.25, 0.3) is 0 Å². The minimum Gasteiger partial charge on any atom is -0.481 e. The lowest BCUT2D eigenvalue weighted by Gasteiger charge is -2.05. The van der Waals surface area contributed by atoms with Gasteiger partial charge in [-0.15, -0.1) is 0 Å². The molecular weight excluding hydrogens is 282 g/mol.